The van der Waals surface area contributed by atoms with Crippen LogP contribution in [0.3, 0.4) is 0 Å². The number of carbonyl (C=O) groups excluding carboxylic acids is 1. The largest absolute Gasteiger partial charge is 1.00 e. The van der Waals surface area contributed by atoms with E-state index in [4.69, 9.17) is 0 Å². The maximum Gasteiger partial charge on any atom is 1.00 e. The van der Waals surface area contributed by atoms with Crippen molar-refractivity contribution < 1.29 is 62.4 Å². The molecule has 0 aliphatic heterocycles. The first-order chi connectivity index (χ1) is 3.81. The van der Waals surface area contributed by atoms with Crippen molar-refractivity contribution in [2.24, 2.45) is 0 Å². The van der Waals surface area contributed by atoms with Crippen molar-refractivity contribution in [3.63, 3.8) is 0 Å². The summed E-state index contributed by atoms with van der Waals surface area (Å²) in [5.74, 6) is -0.199. The molecule has 0 aliphatic rings. The minimum absolute atomic E-state index is 0. The van der Waals surface area contributed by atoms with E-state index in [0.717, 1.165) is 6.42 Å². The summed E-state index contributed by atoms with van der Waals surface area (Å²) >= 11 is 0. The molecule has 0 aliphatic carbocycles. The molecule has 0 aromatic heterocycles. The Morgan fingerprint density at radius 3 is 2.67 bits per heavy atom. The molecule has 0 fully saturated rings. The molecule has 0 heterocycles. The topological polar surface area (TPSA) is 38.3 Å². The van der Waals surface area contributed by atoms with E-state index in [1.807, 2.05) is 6.92 Å². The van der Waals surface area contributed by atoms with Crippen molar-refractivity contribution in [3.05, 3.63) is 0 Å². The van der Waals surface area contributed by atoms with Crippen molar-refractivity contribution in [3.8, 4) is 0 Å². The average molecular weight is 157 g/mol. The standard InChI is InChI=1S/C5H11NO2.K.H/c1-3-4-5(7)8-6-2;;/h6H,3-4H2,1-2H3;;/q;+1;-1. The number of carbonyl (C=O) groups is 1. The first-order valence-corrected chi connectivity index (χ1v) is 2.67. The fourth-order valence-electron chi connectivity index (χ4n) is 0.369. The number of nitrogens with one attached hydrogen (secondary N) is 1. The van der Waals surface area contributed by atoms with Gasteiger partial charge in [-0.05, 0) is 6.42 Å². The summed E-state index contributed by atoms with van der Waals surface area (Å²) in [7, 11) is 1.56. The molecule has 0 saturated carbocycles. The predicted octanol–water partition coefficient (Wildman–Crippen LogP) is -2.42. The van der Waals surface area contributed by atoms with Gasteiger partial charge >= 0.3 is 57.4 Å². The normalized spacial score (nSPS) is 7.78. The van der Waals surface area contributed by atoms with Crippen molar-refractivity contribution in [1.29, 1.82) is 0 Å². The van der Waals surface area contributed by atoms with Crippen LogP contribution in [0.15, 0.2) is 0 Å². The van der Waals surface area contributed by atoms with E-state index in [1.165, 1.54) is 0 Å². The zero-order valence-corrected chi connectivity index (χ0v) is 9.35. The van der Waals surface area contributed by atoms with Gasteiger partial charge in [-0.3, -0.25) is 4.79 Å². The molecular weight excluding hydrogens is 145 g/mol. The van der Waals surface area contributed by atoms with Crippen LogP contribution in [-0.4, -0.2) is 13.0 Å². The smallest absolute Gasteiger partial charge is 1.00 e. The Morgan fingerprint density at radius 2 is 2.33 bits per heavy atom. The minimum atomic E-state index is -0.199. The van der Waals surface area contributed by atoms with E-state index < -0.39 is 0 Å². The zero-order valence-electron chi connectivity index (χ0n) is 7.23. The van der Waals surface area contributed by atoms with Gasteiger partial charge in [0.25, 0.3) is 0 Å². The van der Waals surface area contributed by atoms with Gasteiger partial charge in [-0.15, -0.1) is 0 Å². The van der Waals surface area contributed by atoms with Gasteiger partial charge in [0, 0.05) is 13.5 Å². The molecule has 3 nitrogen and oxygen atoms in total. The second-order valence-corrected chi connectivity index (χ2v) is 1.43. The Labute approximate surface area is 99.4 Å². The van der Waals surface area contributed by atoms with E-state index in [9.17, 15) is 4.79 Å². The summed E-state index contributed by atoms with van der Waals surface area (Å²) in [4.78, 5) is 14.8. The van der Waals surface area contributed by atoms with Gasteiger partial charge in [0.2, 0.25) is 0 Å². The van der Waals surface area contributed by atoms with Crippen LogP contribution < -0.4 is 56.9 Å². The van der Waals surface area contributed by atoms with Gasteiger partial charge in [-0.1, -0.05) is 6.92 Å². The quantitative estimate of drug-likeness (QED) is 0.366. The monoisotopic (exact) mass is 157 g/mol. The SMILES string of the molecule is CCCC(=O)ONC.[H-].[K+]. The maximum absolute atomic E-state index is 10.4. The van der Waals surface area contributed by atoms with Crippen molar-refractivity contribution in [2.45, 2.75) is 19.8 Å². The number of rotatable bonds is 3. The Morgan fingerprint density at radius 1 is 1.78 bits per heavy atom. The number of hydroxylamine groups is 1. The molecule has 0 aromatic carbocycles. The first-order valence-electron chi connectivity index (χ1n) is 2.67. The third-order valence-electron chi connectivity index (χ3n) is 0.670. The molecule has 0 aromatic rings. The van der Waals surface area contributed by atoms with E-state index in [0.29, 0.717) is 6.42 Å². The zero-order chi connectivity index (χ0) is 6.41. The van der Waals surface area contributed by atoms with Gasteiger partial charge in [0.15, 0.2) is 0 Å². The number of hydrogen-bond acceptors (Lipinski definition) is 3. The maximum atomic E-state index is 10.4. The summed E-state index contributed by atoms with van der Waals surface area (Å²) in [5.41, 5.74) is 2.30. The summed E-state index contributed by atoms with van der Waals surface area (Å²) < 4.78 is 0. The van der Waals surface area contributed by atoms with Crippen molar-refractivity contribution in [2.75, 3.05) is 7.05 Å². The van der Waals surface area contributed by atoms with Crippen molar-refractivity contribution in [1.82, 2.24) is 5.48 Å². The minimum Gasteiger partial charge on any atom is -1.00 e. The Hall–Kier alpha value is 1.07. The molecule has 0 bridgehead atoms. The molecule has 0 atom stereocenters. The van der Waals surface area contributed by atoms with Gasteiger partial charge in [-0.25, -0.2) is 0 Å². The van der Waals surface area contributed by atoms with Crippen LogP contribution in [0.25, 0.3) is 0 Å². The molecule has 0 spiro atoms. The molecule has 4 heteroatoms. The van der Waals surface area contributed by atoms with Gasteiger partial charge in [0.05, 0.1) is 0 Å². The van der Waals surface area contributed by atoms with E-state index in [-0.39, 0.29) is 58.8 Å². The van der Waals surface area contributed by atoms with Crippen molar-refractivity contribution >= 4 is 5.97 Å². The second-order valence-electron chi connectivity index (χ2n) is 1.43. The molecule has 0 amide bonds. The molecule has 1 N–H and O–H groups in total. The van der Waals surface area contributed by atoms with Gasteiger partial charge in [0.1, 0.15) is 0 Å². The molecule has 50 valence electrons. The first kappa shape index (κ1) is 12.7. The van der Waals surface area contributed by atoms with Crippen LogP contribution in [-0.2, 0) is 9.63 Å². The summed E-state index contributed by atoms with van der Waals surface area (Å²) in [6.07, 6.45) is 1.32. The van der Waals surface area contributed by atoms with E-state index in [1.54, 1.807) is 7.05 Å². The third kappa shape index (κ3) is 9.07. The molecular formula is C5H12KNO2. The van der Waals surface area contributed by atoms with Gasteiger partial charge < -0.3 is 6.26 Å². The van der Waals surface area contributed by atoms with Crippen LogP contribution in [0, 0.1) is 0 Å². The Balaban J connectivity index is -0.000000245. The fourth-order valence-corrected chi connectivity index (χ4v) is 0.369. The van der Waals surface area contributed by atoms with Crippen LogP contribution in [0.4, 0.5) is 0 Å². The summed E-state index contributed by atoms with van der Waals surface area (Å²) in [6.45, 7) is 1.93. The van der Waals surface area contributed by atoms with E-state index >= 15 is 0 Å². The number of hydrogen-bond donors (Lipinski definition) is 1. The predicted molar refractivity (Wildman–Crippen MR) is 31.2 cm³/mol. The molecule has 0 unspecified atom stereocenters. The molecule has 0 radical (unpaired) electrons. The second kappa shape index (κ2) is 9.07. The third-order valence-corrected chi connectivity index (χ3v) is 0.670. The van der Waals surface area contributed by atoms with Crippen LogP contribution in [0.2, 0.25) is 0 Å². The van der Waals surface area contributed by atoms with Crippen LogP contribution in [0.1, 0.15) is 21.2 Å². The summed E-state index contributed by atoms with van der Waals surface area (Å²) in [5, 5.41) is 0. The van der Waals surface area contributed by atoms with Gasteiger partial charge in [-0.2, -0.15) is 5.48 Å². The Bertz CT molecular complexity index is 74.0. The Kier molecular flexibility index (Phi) is 12.8. The summed E-state index contributed by atoms with van der Waals surface area (Å²) in [6, 6.07) is 0. The average Bonchev–Trinajstić information content (AvgIpc) is 1.68. The fraction of sp³-hybridized carbons (Fsp3) is 0.800. The molecule has 9 heavy (non-hydrogen) atoms. The van der Waals surface area contributed by atoms with Crippen LogP contribution >= 0.6 is 0 Å². The molecule has 0 saturated heterocycles. The molecule has 0 rings (SSSR count). The van der Waals surface area contributed by atoms with Crippen LogP contribution in [0.5, 0.6) is 0 Å². The van der Waals surface area contributed by atoms with E-state index in [2.05, 4.69) is 10.3 Å².